The second-order valence-electron chi connectivity index (χ2n) is 7.53. The standard InChI is InChI=1S/C28H25F3O2/c1-4-33-19(3)17-26(29)18(2)5-6-20-7-9-21(10-8-20)24-15-16-25(28(31)27(24)30)22-11-13-23(32)14-12-22/h7-17,32H,2-6H2,1H3/b26-17+. The number of hydrogen-bond donors (Lipinski definition) is 1. The number of phenols is 1. The lowest BCUT2D eigenvalue weighted by Crippen LogP contribution is -1.95. The van der Waals surface area contributed by atoms with Crippen molar-refractivity contribution in [2.24, 2.45) is 0 Å². The first kappa shape index (κ1) is 23.9. The molecule has 0 aliphatic heterocycles. The summed E-state index contributed by atoms with van der Waals surface area (Å²) in [6.45, 7) is 9.58. The van der Waals surface area contributed by atoms with Crippen molar-refractivity contribution in [1.29, 1.82) is 0 Å². The second kappa shape index (κ2) is 10.7. The summed E-state index contributed by atoms with van der Waals surface area (Å²) in [7, 11) is 0. The van der Waals surface area contributed by atoms with Crippen molar-refractivity contribution in [3.8, 4) is 28.0 Å². The van der Waals surface area contributed by atoms with Gasteiger partial charge in [-0.3, -0.25) is 0 Å². The number of allylic oxidation sites excluding steroid dienone is 3. The first-order valence-corrected chi connectivity index (χ1v) is 10.5. The van der Waals surface area contributed by atoms with Crippen LogP contribution >= 0.6 is 0 Å². The number of aryl methyl sites for hydroxylation is 1. The van der Waals surface area contributed by atoms with Crippen molar-refractivity contribution in [2.75, 3.05) is 6.61 Å². The zero-order valence-electron chi connectivity index (χ0n) is 18.4. The molecular formula is C28H25F3O2. The van der Waals surface area contributed by atoms with Crippen molar-refractivity contribution in [2.45, 2.75) is 19.8 Å². The van der Waals surface area contributed by atoms with E-state index in [0.29, 0.717) is 36.1 Å². The van der Waals surface area contributed by atoms with E-state index < -0.39 is 17.5 Å². The molecule has 0 spiro atoms. The highest BCUT2D eigenvalue weighted by Crippen LogP contribution is 2.32. The van der Waals surface area contributed by atoms with Gasteiger partial charge in [0.2, 0.25) is 0 Å². The molecule has 0 fully saturated rings. The van der Waals surface area contributed by atoms with E-state index >= 15 is 0 Å². The molecule has 0 aromatic heterocycles. The molecule has 33 heavy (non-hydrogen) atoms. The zero-order chi connectivity index (χ0) is 24.0. The quantitative estimate of drug-likeness (QED) is 0.265. The molecule has 0 saturated heterocycles. The van der Waals surface area contributed by atoms with E-state index in [-0.39, 0.29) is 22.6 Å². The maximum absolute atomic E-state index is 14.8. The lowest BCUT2D eigenvalue weighted by atomic mass is 9.97. The van der Waals surface area contributed by atoms with Crippen molar-refractivity contribution < 1.29 is 23.0 Å². The molecule has 3 aromatic carbocycles. The topological polar surface area (TPSA) is 29.5 Å². The lowest BCUT2D eigenvalue weighted by molar-refractivity contribution is 0.243. The van der Waals surface area contributed by atoms with Gasteiger partial charge in [0, 0.05) is 17.2 Å². The van der Waals surface area contributed by atoms with Crippen LogP contribution in [0.4, 0.5) is 13.2 Å². The molecule has 0 unspecified atom stereocenters. The van der Waals surface area contributed by atoms with Crippen molar-refractivity contribution in [3.63, 3.8) is 0 Å². The van der Waals surface area contributed by atoms with Crippen LogP contribution in [-0.2, 0) is 11.2 Å². The zero-order valence-corrected chi connectivity index (χ0v) is 18.4. The Balaban J connectivity index is 1.71. The van der Waals surface area contributed by atoms with Gasteiger partial charge in [-0.15, -0.1) is 0 Å². The van der Waals surface area contributed by atoms with Gasteiger partial charge in [0.25, 0.3) is 0 Å². The number of rotatable bonds is 9. The van der Waals surface area contributed by atoms with E-state index in [1.54, 1.807) is 31.2 Å². The minimum Gasteiger partial charge on any atom is -0.508 e. The molecule has 0 heterocycles. The molecule has 0 aliphatic carbocycles. The average molecular weight is 451 g/mol. The summed E-state index contributed by atoms with van der Waals surface area (Å²) in [5.74, 6) is -2.07. The molecule has 0 atom stereocenters. The van der Waals surface area contributed by atoms with Gasteiger partial charge in [0.1, 0.15) is 17.3 Å². The highest BCUT2D eigenvalue weighted by atomic mass is 19.2. The SMILES string of the molecule is C=C(/C=C(/F)C(=C)CCc1ccc(-c2ccc(-c3ccc(O)cc3)c(F)c2F)cc1)OCC. The van der Waals surface area contributed by atoms with Gasteiger partial charge in [0.05, 0.1) is 6.61 Å². The normalized spacial score (nSPS) is 11.3. The van der Waals surface area contributed by atoms with Crippen LogP contribution in [0.5, 0.6) is 5.75 Å². The Bertz CT molecular complexity index is 1180. The number of benzene rings is 3. The second-order valence-corrected chi connectivity index (χ2v) is 7.53. The minimum absolute atomic E-state index is 0.0506. The van der Waals surface area contributed by atoms with Gasteiger partial charge in [-0.2, -0.15) is 0 Å². The highest BCUT2D eigenvalue weighted by molar-refractivity contribution is 5.72. The van der Waals surface area contributed by atoms with Crippen molar-refractivity contribution in [3.05, 3.63) is 114 Å². The number of phenolic OH excluding ortho intramolecular Hbond substituents is 1. The third-order valence-corrected chi connectivity index (χ3v) is 5.20. The predicted molar refractivity (Wildman–Crippen MR) is 126 cm³/mol. The predicted octanol–water partition coefficient (Wildman–Crippen LogP) is 7.90. The van der Waals surface area contributed by atoms with Crippen LogP contribution in [0.1, 0.15) is 18.9 Å². The van der Waals surface area contributed by atoms with Gasteiger partial charge >= 0.3 is 0 Å². The molecule has 0 bridgehead atoms. The Morgan fingerprint density at radius 1 is 0.879 bits per heavy atom. The molecule has 0 aliphatic rings. The monoisotopic (exact) mass is 450 g/mol. The summed E-state index contributed by atoms with van der Waals surface area (Å²) in [6, 6.07) is 16.0. The fourth-order valence-electron chi connectivity index (χ4n) is 3.37. The van der Waals surface area contributed by atoms with E-state index in [2.05, 4.69) is 13.2 Å². The van der Waals surface area contributed by atoms with Crippen molar-refractivity contribution in [1.82, 2.24) is 0 Å². The summed E-state index contributed by atoms with van der Waals surface area (Å²) in [6.07, 6.45) is 2.15. The largest absolute Gasteiger partial charge is 0.508 e. The van der Waals surface area contributed by atoms with Gasteiger partial charge in [0.15, 0.2) is 11.6 Å². The fourth-order valence-corrected chi connectivity index (χ4v) is 3.37. The molecule has 3 aromatic rings. The first-order valence-electron chi connectivity index (χ1n) is 10.5. The molecule has 0 radical (unpaired) electrons. The Kier molecular flexibility index (Phi) is 7.78. The maximum atomic E-state index is 14.8. The average Bonchev–Trinajstić information content (AvgIpc) is 2.80. The summed E-state index contributed by atoms with van der Waals surface area (Å²) in [5, 5.41) is 9.39. The third kappa shape index (κ3) is 5.95. The summed E-state index contributed by atoms with van der Waals surface area (Å²) in [4.78, 5) is 0. The van der Waals surface area contributed by atoms with E-state index in [4.69, 9.17) is 4.74 Å². The lowest BCUT2D eigenvalue weighted by Gasteiger charge is -2.10. The Morgan fingerprint density at radius 2 is 1.39 bits per heavy atom. The Hall–Kier alpha value is -3.73. The molecule has 1 N–H and O–H groups in total. The van der Waals surface area contributed by atoms with Crippen LogP contribution in [0.3, 0.4) is 0 Å². The van der Waals surface area contributed by atoms with Gasteiger partial charge < -0.3 is 9.84 Å². The highest BCUT2D eigenvalue weighted by Gasteiger charge is 2.16. The number of aromatic hydroxyl groups is 1. The maximum Gasteiger partial charge on any atom is 0.167 e. The fraction of sp³-hybridized carbons (Fsp3) is 0.143. The van der Waals surface area contributed by atoms with Crippen LogP contribution in [0, 0.1) is 11.6 Å². The molecule has 0 amide bonds. The van der Waals surface area contributed by atoms with Crippen LogP contribution in [0.2, 0.25) is 0 Å². The van der Waals surface area contributed by atoms with Crippen LogP contribution in [0.25, 0.3) is 22.3 Å². The molecule has 3 rings (SSSR count). The third-order valence-electron chi connectivity index (χ3n) is 5.20. The summed E-state index contributed by atoms with van der Waals surface area (Å²) in [5.41, 5.74) is 2.52. The molecule has 170 valence electrons. The van der Waals surface area contributed by atoms with Crippen molar-refractivity contribution >= 4 is 0 Å². The Morgan fingerprint density at radius 3 is 1.91 bits per heavy atom. The van der Waals surface area contributed by atoms with Gasteiger partial charge in [-0.05, 0) is 54.2 Å². The van der Waals surface area contributed by atoms with Crippen LogP contribution < -0.4 is 0 Å². The van der Waals surface area contributed by atoms with E-state index in [1.165, 1.54) is 42.5 Å². The number of hydrogen-bond acceptors (Lipinski definition) is 2. The summed E-state index contributed by atoms with van der Waals surface area (Å²) < 4.78 is 48.8. The number of ether oxygens (including phenoxy) is 1. The number of halogens is 3. The minimum atomic E-state index is -0.950. The van der Waals surface area contributed by atoms with Gasteiger partial charge in [-0.1, -0.05) is 61.7 Å². The summed E-state index contributed by atoms with van der Waals surface area (Å²) >= 11 is 0. The van der Waals surface area contributed by atoms with E-state index in [9.17, 15) is 18.3 Å². The molecule has 5 heteroatoms. The molecule has 0 saturated carbocycles. The smallest absolute Gasteiger partial charge is 0.167 e. The molecular weight excluding hydrogens is 425 g/mol. The van der Waals surface area contributed by atoms with Gasteiger partial charge in [-0.25, -0.2) is 13.2 Å². The van der Waals surface area contributed by atoms with E-state index in [1.807, 2.05) is 0 Å². The van der Waals surface area contributed by atoms with E-state index in [0.717, 1.165) is 5.56 Å². The first-order chi connectivity index (χ1) is 15.8. The molecule has 2 nitrogen and oxygen atoms in total. The van der Waals surface area contributed by atoms with Crippen LogP contribution in [0.15, 0.2) is 97.1 Å². The van der Waals surface area contributed by atoms with Crippen LogP contribution in [-0.4, -0.2) is 11.7 Å². The Labute approximate surface area is 192 Å².